The van der Waals surface area contributed by atoms with Crippen LogP contribution in [0.5, 0.6) is 0 Å². The smallest absolute Gasteiger partial charge is 0.220 e. The Kier molecular flexibility index (Phi) is 5.40. The van der Waals surface area contributed by atoms with Crippen LogP contribution in [0.25, 0.3) is 11.3 Å². The van der Waals surface area contributed by atoms with Crippen LogP contribution in [0.3, 0.4) is 0 Å². The molecule has 2 heterocycles. The summed E-state index contributed by atoms with van der Waals surface area (Å²) >= 11 is 0. The number of hydrogen-bond acceptors (Lipinski definition) is 3. The number of benzene rings is 1. The first-order valence-corrected chi connectivity index (χ1v) is 8.10. The van der Waals surface area contributed by atoms with Gasteiger partial charge in [-0.25, -0.2) is 0 Å². The van der Waals surface area contributed by atoms with Gasteiger partial charge in [0.2, 0.25) is 5.91 Å². The lowest BCUT2D eigenvalue weighted by atomic mass is 10.1. The summed E-state index contributed by atoms with van der Waals surface area (Å²) in [5.41, 5.74) is 3.14. The Morgan fingerprint density at radius 2 is 1.92 bits per heavy atom. The molecule has 0 saturated heterocycles. The molecule has 4 nitrogen and oxygen atoms in total. The summed E-state index contributed by atoms with van der Waals surface area (Å²) in [4.78, 5) is 16.2. The lowest BCUT2D eigenvalue weighted by molar-refractivity contribution is -0.121. The van der Waals surface area contributed by atoms with Crippen molar-refractivity contribution in [1.82, 2.24) is 10.3 Å². The molecule has 0 spiro atoms. The standard InChI is InChI=1S/C20H20N2O2/c23-20(10-4-8-16-6-2-1-3-7-16)22-14-17-12-18(15-21-13-17)19-9-5-11-24-19/h1-3,5-7,9,11-13,15H,4,8,10,14H2,(H,22,23). The van der Waals surface area contributed by atoms with E-state index in [2.05, 4.69) is 22.4 Å². The maximum atomic E-state index is 12.0. The second kappa shape index (κ2) is 8.11. The Labute approximate surface area is 141 Å². The average molecular weight is 320 g/mol. The van der Waals surface area contributed by atoms with Crippen LogP contribution in [0.1, 0.15) is 24.0 Å². The van der Waals surface area contributed by atoms with Gasteiger partial charge in [-0.1, -0.05) is 30.3 Å². The van der Waals surface area contributed by atoms with Gasteiger partial charge in [0.15, 0.2) is 0 Å². The number of carbonyl (C=O) groups is 1. The topological polar surface area (TPSA) is 55.1 Å². The zero-order valence-electron chi connectivity index (χ0n) is 13.4. The first kappa shape index (κ1) is 16.0. The van der Waals surface area contributed by atoms with Gasteiger partial charge in [0, 0.05) is 30.9 Å². The third kappa shape index (κ3) is 4.56. The van der Waals surface area contributed by atoms with Crippen molar-refractivity contribution in [3.63, 3.8) is 0 Å². The fourth-order valence-corrected chi connectivity index (χ4v) is 2.55. The molecule has 0 unspecified atom stereocenters. The highest BCUT2D eigenvalue weighted by atomic mass is 16.3. The lowest BCUT2D eigenvalue weighted by Gasteiger charge is -2.06. The molecule has 1 amide bonds. The molecule has 0 aliphatic heterocycles. The van der Waals surface area contributed by atoms with Gasteiger partial charge >= 0.3 is 0 Å². The number of nitrogens with zero attached hydrogens (tertiary/aromatic N) is 1. The monoisotopic (exact) mass is 320 g/mol. The first-order chi connectivity index (χ1) is 11.8. The van der Waals surface area contributed by atoms with E-state index in [1.807, 2.05) is 36.4 Å². The van der Waals surface area contributed by atoms with Gasteiger partial charge in [-0.3, -0.25) is 9.78 Å². The van der Waals surface area contributed by atoms with Crippen LogP contribution in [-0.2, 0) is 17.8 Å². The van der Waals surface area contributed by atoms with E-state index in [1.54, 1.807) is 18.7 Å². The zero-order chi connectivity index (χ0) is 16.6. The molecule has 0 radical (unpaired) electrons. The summed E-state index contributed by atoms with van der Waals surface area (Å²) in [7, 11) is 0. The molecule has 1 aromatic carbocycles. The second-order valence-corrected chi connectivity index (χ2v) is 5.68. The van der Waals surface area contributed by atoms with Crippen molar-refractivity contribution in [2.24, 2.45) is 0 Å². The zero-order valence-corrected chi connectivity index (χ0v) is 13.4. The molecule has 122 valence electrons. The van der Waals surface area contributed by atoms with E-state index < -0.39 is 0 Å². The predicted molar refractivity (Wildman–Crippen MR) is 93.2 cm³/mol. The number of aryl methyl sites for hydroxylation is 1. The molecule has 3 rings (SSSR count). The average Bonchev–Trinajstić information content (AvgIpc) is 3.16. The number of rotatable bonds is 7. The van der Waals surface area contributed by atoms with Gasteiger partial charge in [0.1, 0.15) is 5.76 Å². The molecule has 0 fully saturated rings. The quantitative estimate of drug-likeness (QED) is 0.716. The molecule has 0 aliphatic rings. The molecule has 0 saturated carbocycles. The van der Waals surface area contributed by atoms with Gasteiger partial charge in [0.25, 0.3) is 0 Å². The van der Waals surface area contributed by atoms with Gasteiger partial charge < -0.3 is 9.73 Å². The van der Waals surface area contributed by atoms with Crippen LogP contribution in [0.15, 0.2) is 71.6 Å². The molecular formula is C20H20N2O2. The molecule has 4 heteroatoms. The van der Waals surface area contributed by atoms with Crippen molar-refractivity contribution in [1.29, 1.82) is 0 Å². The molecule has 24 heavy (non-hydrogen) atoms. The van der Waals surface area contributed by atoms with Crippen LogP contribution in [0, 0.1) is 0 Å². The number of amides is 1. The van der Waals surface area contributed by atoms with Gasteiger partial charge in [-0.15, -0.1) is 0 Å². The Balaban J connectivity index is 1.45. The normalized spacial score (nSPS) is 10.5. The fraction of sp³-hybridized carbons (Fsp3) is 0.200. The first-order valence-electron chi connectivity index (χ1n) is 8.10. The van der Waals surface area contributed by atoms with Crippen LogP contribution >= 0.6 is 0 Å². The van der Waals surface area contributed by atoms with Crippen molar-refractivity contribution in [2.45, 2.75) is 25.8 Å². The van der Waals surface area contributed by atoms with Crippen molar-refractivity contribution in [3.8, 4) is 11.3 Å². The van der Waals surface area contributed by atoms with Gasteiger partial charge in [0.05, 0.1) is 6.26 Å². The minimum atomic E-state index is 0.0642. The van der Waals surface area contributed by atoms with E-state index in [0.717, 1.165) is 29.7 Å². The minimum Gasteiger partial charge on any atom is -0.464 e. The molecule has 0 aliphatic carbocycles. The molecule has 1 N–H and O–H groups in total. The van der Waals surface area contributed by atoms with E-state index in [-0.39, 0.29) is 5.91 Å². The largest absolute Gasteiger partial charge is 0.464 e. The third-order valence-corrected chi connectivity index (χ3v) is 3.80. The Bertz CT molecular complexity index is 767. The van der Waals surface area contributed by atoms with E-state index in [4.69, 9.17) is 4.42 Å². The van der Waals surface area contributed by atoms with Gasteiger partial charge in [-0.2, -0.15) is 0 Å². The van der Waals surface area contributed by atoms with Crippen molar-refractivity contribution in [3.05, 3.63) is 78.3 Å². The summed E-state index contributed by atoms with van der Waals surface area (Å²) in [6.45, 7) is 0.478. The van der Waals surface area contributed by atoms with Crippen molar-refractivity contribution < 1.29 is 9.21 Å². The summed E-state index contributed by atoms with van der Waals surface area (Å²) in [5.74, 6) is 0.841. The molecule has 0 bridgehead atoms. The van der Waals surface area contributed by atoms with Crippen LogP contribution in [0.2, 0.25) is 0 Å². The van der Waals surface area contributed by atoms with E-state index in [9.17, 15) is 4.79 Å². The van der Waals surface area contributed by atoms with Crippen LogP contribution in [-0.4, -0.2) is 10.9 Å². The Morgan fingerprint density at radius 3 is 2.71 bits per heavy atom. The Hall–Kier alpha value is -2.88. The Morgan fingerprint density at radius 1 is 1.04 bits per heavy atom. The van der Waals surface area contributed by atoms with Crippen molar-refractivity contribution in [2.75, 3.05) is 0 Å². The van der Waals surface area contributed by atoms with E-state index in [1.165, 1.54) is 5.56 Å². The maximum Gasteiger partial charge on any atom is 0.220 e. The third-order valence-electron chi connectivity index (χ3n) is 3.80. The highest BCUT2D eigenvalue weighted by Crippen LogP contribution is 2.19. The number of carbonyl (C=O) groups excluding carboxylic acids is 1. The predicted octanol–water partition coefficient (Wildman–Crippen LogP) is 3.98. The fourth-order valence-electron chi connectivity index (χ4n) is 2.55. The minimum absolute atomic E-state index is 0.0642. The summed E-state index contributed by atoms with van der Waals surface area (Å²) in [6, 6.07) is 15.9. The lowest BCUT2D eigenvalue weighted by Crippen LogP contribution is -2.22. The van der Waals surface area contributed by atoms with Crippen LogP contribution < -0.4 is 5.32 Å². The number of pyridine rings is 1. The van der Waals surface area contributed by atoms with Gasteiger partial charge in [-0.05, 0) is 42.2 Å². The molecular weight excluding hydrogens is 300 g/mol. The molecule has 2 aromatic heterocycles. The molecule has 0 atom stereocenters. The number of hydrogen-bond donors (Lipinski definition) is 1. The van der Waals surface area contributed by atoms with Crippen molar-refractivity contribution >= 4 is 5.91 Å². The van der Waals surface area contributed by atoms with Crippen LogP contribution in [0.4, 0.5) is 0 Å². The summed E-state index contributed by atoms with van der Waals surface area (Å²) in [6.07, 6.45) is 7.45. The summed E-state index contributed by atoms with van der Waals surface area (Å²) in [5, 5.41) is 2.95. The highest BCUT2D eigenvalue weighted by molar-refractivity contribution is 5.75. The van der Waals surface area contributed by atoms with E-state index in [0.29, 0.717) is 13.0 Å². The maximum absolute atomic E-state index is 12.0. The summed E-state index contributed by atoms with van der Waals surface area (Å²) < 4.78 is 5.37. The number of furan rings is 1. The number of aromatic nitrogens is 1. The highest BCUT2D eigenvalue weighted by Gasteiger charge is 2.05. The second-order valence-electron chi connectivity index (χ2n) is 5.68. The van der Waals surface area contributed by atoms with E-state index >= 15 is 0 Å². The number of nitrogens with one attached hydrogen (secondary N) is 1. The SMILES string of the molecule is O=C(CCCc1ccccc1)NCc1cncc(-c2ccco2)c1. The molecule has 3 aromatic rings.